The summed E-state index contributed by atoms with van der Waals surface area (Å²) in [7, 11) is -0.651. The van der Waals surface area contributed by atoms with Crippen molar-refractivity contribution < 1.29 is 17.9 Å². The monoisotopic (exact) mass is 423 g/mol. The molecular formula is C22H21N3O4S. The summed E-state index contributed by atoms with van der Waals surface area (Å²) in [5, 5.41) is 0. The topological polar surface area (TPSA) is 93.3 Å². The van der Waals surface area contributed by atoms with Gasteiger partial charge in [0.25, 0.3) is 0 Å². The van der Waals surface area contributed by atoms with Gasteiger partial charge in [0.15, 0.2) is 0 Å². The van der Waals surface area contributed by atoms with Crippen LogP contribution in [0.2, 0.25) is 0 Å². The maximum Gasteiger partial charge on any atom is 0.240 e. The molecule has 2 N–H and O–H groups in total. The molecule has 0 spiro atoms. The number of aromatic nitrogens is 2. The van der Waals surface area contributed by atoms with E-state index in [1.807, 2.05) is 30.3 Å². The number of H-pyrrole nitrogens is 1. The molecule has 0 fully saturated rings. The smallest absolute Gasteiger partial charge is 0.240 e. The Hall–Kier alpha value is -3.36. The minimum Gasteiger partial charge on any atom is -0.497 e. The molecule has 1 heterocycles. The lowest BCUT2D eigenvalue weighted by Gasteiger charge is -2.12. The first kappa shape index (κ1) is 19.9. The minimum atomic E-state index is -3.74. The standard InChI is InChI=1S/C22H21N3O4S/c1-28-17-8-11-21(29-2)16(12-17)14-23-30(26,27)18-9-10-19-20(13-18)25-22(24-19)15-6-4-3-5-7-15/h3-13,23H,14H2,1-2H3,(H,24,25). The fraction of sp³-hybridized carbons (Fsp3) is 0.136. The molecule has 0 aliphatic rings. The highest BCUT2D eigenvalue weighted by molar-refractivity contribution is 7.89. The van der Waals surface area contributed by atoms with Crippen molar-refractivity contribution in [1.29, 1.82) is 0 Å². The number of ether oxygens (including phenoxy) is 2. The highest BCUT2D eigenvalue weighted by atomic mass is 32.2. The number of rotatable bonds is 7. The Morgan fingerprint density at radius 3 is 2.50 bits per heavy atom. The summed E-state index contributed by atoms with van der Waals surface area (Å²) < 4.78 is 38.9. The lowest BCUT2D eigenvalue weighted by atomic mass is 10.2. The summed E-state index contributed by atoms with van der Waals surface area (Å²) in [6.45, 7) is 0.0684. The molecule has 0 radical (unpaired) electrons. The number of nitrogens with zero attached hydrogens (tertiary/aromatic N) is 1. The second-order valence-electron chi connectivity index (χ2n) is 6.63. The summed E-state index contributed by atoms with van der Waals surface area (Å²) in [5.41, 5.74) is 2.95. The van der Waals surface area contributed by atoms with Crippen molar-refractivity contribution in [3.05, 3.63) is 72.3 Å². The van der Waals surface area contributed by atoms with Gasteiger partial charge in [0, 0.05) is 17.7 Å². The first-order valence-electron chi connectivity index (χ1n) is 9.26. The Morgan fingerprint density at radius 1 is 0.967 bits per heavy atom. The summed E-state index contributed by atoms with van der Waals surface area (Å²) in [6, 6.07) is 19.7. The van der Waals surface area contributed by atoms with E-state index in [9.17, 15) is 8.42 Å². The molecule has 30 heavy (non-hydrogen) atoms. The molecule has 0 aliphatic carbocycles. The molecule has 154 valence electrons. The summed E-state index contributed by atoms with van der Waals surface area (Å²) >= 11 is 0. The number of fused-ring (bicyclic) bond motifs is 1. The van der Waals surface area contributed by atoms with Crippen LogP contribution in [0.15, 0.2) is 71.6 Å². The van der Waals surface area contributed by atoms with Crippen molar-refractivity contribution in [2.75, 3.05) is 14.2 Å². The molecule has 0 saturated heterocycles. The van der Waals surface area contributed by atoms with Crippen LogP contribution in [-0.4, -0.2) is 32.6 Å². The maximum atomic E-state index is 12.9. The van der Waals surface area contributed by atoms with Crippen LogP contribution in [0.5, 0.6) is 11.5 Å². The molecule has 4 aromatic rings. The molecule has 0 saturated carbocycles. The van der Waals surface area contributed by atoms with Crippen LogP contribution >= 0.6 is 0 Å². The highest BCUT2D eigenvalue weighted by Crippen LogP contribution is 2.25. The third kappa shape index (κ3) is 4.00. The quantitative estimate of drug-likeness (QED) is 0.473. The van der Waals surface area contributed by atoms with Crippen LogP contribution in [0, 0.1) is 0 Å². The van der Waals surface area contributed by atoms with E-state index in [1.54, 1.807) is 43.5 Å². The number of imidazole rings is 1. The Bertz CT molecular complexity index is 1280. The van der Waals surface area contributed by atoms with Crippen molar-refractivity contribution >= 4 is 21.1 Å². The summed E-state index contributed by atoms with van der Waals surface area (Å²) in [4.78, 5) is 7.88. The van der Waals surface area contributed by atoms with E-state index in [4.69, 9.17) is 9.47 Å². The van der Waals surface area contributed by atoms with Gasteiger partial charge < -0.3 is 14.5 Å². The Morgan fingerprint density at radius 2 is 1.77 bits per heavy atom. The molecule has 8 heteroatoms. The lowest BCUT2D eigenvalue weighted by Crippen LogP contribution is -2.23. The first-order chi connectivity index (χ1) is 14.5. The maximum absolute atomic E-state index is 12.9. The molecule has 0 aliphatic heterocycles. The van der Waals surface area contributed by atoms with Crippen LogP contribution in [0.1, 0.15) is 5.56 Å². The summed E-state index contributed by atoms with van der Waals surface area (Å²) in [6.07, 6.45) is 0. The third-order valence-electron chi connectivity index (χ3n) is 4.75. The Kier molecular flexibility index (Phi) is 5.43. The van der Waals surface area contributed by atoms with Gasteiger partial charge in [-0.3, -0.25) is 0 Å². The molecular weight excluding hydrogens is 402 g/mol. The molecule has 1 aromatic heterocycles. The second-order valence-corrected chi connectivity index (χ2v) is 8.40. The second kappa shape index (κ2) is 8.17. The zero-order valence-electron chi connectivity index (χ0n) is 16.5. The van der Waals surface area contributed by atoms with Crippen molar-refractivity contribution in [1.82, 2.24) is 14.7 Å². The largest absolute Gasteiger partial charge is 0.497 e. The lowest BCUT2D eigenvalue weighted by molar-refractivity contribution is 0.398. The fourth-order valence-electron chi connectivity index (χ4n) is 3.16. The Labute approximate surface area is 174 Å². The number of methoxy groups -OCH3 is 2. The van der Waals surface area contributed by atoms with Gasteiger partial charge in [0.05, 0.1) is 30.1 Å². The van der Waals surface area contributed by atoms with Crippen molar-refractivity contribution in [2.45, 2.75) is 11.4 Å². The predicted molar refractivity (Wildman–Crippen MR) is 115 cm³/mol. The van der Waals surface area contributed by atoms with Gasteiger partial charge in [0.1, 0.15) is 17.3 Å². The molecule has 7 nitrogen and oxygen atoms in total. The number of hydrogen-bond acceptors (Lipinski definition) is 5. The van der Waals surface area contributed by atoms with Gasteiger partial charge in [-0.1, -0.05) is 30.3 Å². The van der Waals surface area contributed by atoms with Crippen LogP contribution < -0.4 is 14.2 Å². The average Bonchev–Trinajstić information content (AvgIpc) is 3.21. The van der Waals surface area contributed by atoms with E-state index in [-0.39, 0.29) is 11.4 Å². The van der Waals surface area contributed by atoms with Gasteiger partial charge in [-0.15, -0.1) is 0 Å². The first-order valence-corrected chi connectivity index (χ1v) is 10.7. The van der Waals surface area contributed by atoms with E-state index >= 15 is 0 Å². The average molecular weight is 423 g/mol. The van der Waals surface area contributed by atoms with Crippen LogP contribution in [0.4, 0.5) is 0 Å². The van der Waals surface area contributed by atoms with Gasteiger partial charge in [-0.25, -0.2) is 18.1 Å². The number of nitrogens with one attached hydrogen (secondary N) is 2. The van der Waals surface area contributed by atoms with Crippen LogP contribution in [0.25, 0.3) is 22.4 Å². The third-order valence-corrected chi connectivity index (χ3v) is 6.15. The molecule has 0 unspecified atom stereocenters. The molecule has 0 bridgehead atoms. The normalized spacial score (nSPS) is 11.5. The van der Waals surface area contributed by atoms with Crippen molar-refractivity contribution in [3.63, 3.8) is 0 Å². The van der Waals surface area contributed by atoms with Crippen molar-refractivity contribution in [3.8, 4) is 22.9 Å². The molecule has 0 atom stereocenters. The predicted octanol–water partition coefficient (Wildman–Crippen LogP) is 3.73. The van der Waals surface area contributed by atoms with E-state index in [2.05, 4.69) is 14.7 Å². The molecule has 4 rings (SSSR count). The SMILES string of the molecule is COc1ccc(OC)c(CNS(=O)(=O)c2ccc3nc(-c4ccccc4)[nH]c3c2)c1. The van der Waals surface area contributed by atoms with E-state index in [0.29, 0.717) is 33.9 Å². The Balaban J connectivity index is 1.60. The van der Waals surface area contributed by atoms with Gasteiger partial charge in [0.2, 0.25) is 10.0 Å². The molecule has 0 amide bonds. The highest BCUT2D eigenvalue weighted by Gasteiger charge is 2.17. The molecule has 3 aromatic carbocycles. The van der Waals surface area contributed by atoms with Crippen molar-refractivity contribution in [2.24, 2.45) is 0 Å². The number of aromatic amines is 1. The summed E-state index contributed by atoms with van der Waals surface area (Å²) in [5.74, 6) is 1.89. The number of hydrogen-bond donors (Lipinski definition) is 2. The zero-order chi connectivity index (χ0) is 21.1. The zero-order valence-corrected chi connectivity index (χ0v) is 17.4. The van der Waals surface area contributed by atoms with Crippen LogP contribution in [-0.2, 0) is 16.6 Å². The minimum absolute atomic E-state index is 0.0684. The van der Waals surface area contributed by atoms with Crippen LogP contribution in [0.3, 0.4) is 0 Å². The number of benzene rings is 3. The van der Waals surface area contributed by atoms with E-state index < -0.39 is 10.0 Å². The van der Waals surface area contributed by atoms with Gasteiger partial charge in [-0.05, 0) is 36.4 Å². The van der Waals surface area contributed by atoms with E-state index in [0.717, 1.165) is 5.56 Å². The fourth-order valence-corrected chi connectivity index (χ4v) is 4.20. The number of sulfonamides is 1. The van der Waals surface area contributed by atoms with Gasteiger partial charge >= 0.3 is 0 Å². The van der Waals surface area contributed by atoms with E-state index in [1.165, 1.54) is 7.11 Å². The van der Waals surface area contributed by atoms with Gasteiger partial charge in [-0.2, -0.15) is 0 Å².